The van der Waals surface area contributed by atoms with E-state index < -0.39 is 0 Å². The number of carbonyl (C=O) groups is 1. The molecule has 0 heterocycles. The topological polar surface area (TPSA) is 26.3 Å². The first-order chi connectivity index (χ1) is 9.78. The van der Waals surface area contributed by atoms with Gasteiger partial charge < -0.3 is 4.74 Å². The predicted molar refractivity (Wildman–Crippen MR) is 81.7 cm³/mol. The van der Waals surface area contributed by atoms with Gasteiger partial charge in [0.05, 0.1) is 0 Å². The van der Waals surface area contributed by atoms with Gasteiger partial charge in [-0.05, 0) is 36.8 Å². The van der Waals surface area contributed by atoms with Crippen LogP contribution in [-0.2, 0) is 4.79 Å². The SMILES string of the molecule is CCCCC1CCC(CC(=O)Oc2ccccc2)CC1. The van der Waals surface area contributed by atoms with E-state index in [1.54, 1.807) is 0 Å². The minimum Gasteiger partial charge on any atom is -0.427 e. The van der Waals surface area contributed by atoms with Crippen LogP contribution in [-0.4, -0.2) is 5.97 Å². The van der Waals surface area contributed by atoms with Crippen LogP contribution in [0.2, 0.25) is 0 Å². The Hall–Kier alpha value is -1.31. The largest absolute Gasteiger partial charge is 0.427 e. The van der Waals surface area contributed by atoms with Crippen molar-refractivity contribution in [2.75, 3.05) is 0 Å². The van der Waals surface area contributed by atoms with Gasteiger partial charge in [0.15, 0.2) is 0 Å². The summed E-state index contributed by atoms with van der Waals surface area (Å²) in [4.78, 5) is 11.9. The number of hydrogen-bond acceptors (Lipinski definition) is 2. The third-order valence-corrected chi connectivity index (χ3v) is 4.36. The first kappa shape index (κ1) is 15.1. The zero-order chi connectivity index (χ0) is 14.2. The number of ether oxygens (including phenoxy) is 1. The van der Waals surface area contributed by atoms with Crippen LogP contribution in [0.25, 0.3) is 0 Å². The first-order valence-electron chi connectivity index (χ1n) is 8.03. The van der Waals surface area contributed by atoms with Crippen molar-refractivity contribution < 1.29 is 9.53 Å². The molecule has 2 heteroatoms. The van der Waals surface area contributed by atoms with Crippen molar-refractivity contribution in [2.24, 2.45) is 11.8 Å². The lowest BCUT2D eigenvalue weighted by molar-refractivity contribution is -0.135. The Kier molecular flexibility index (Phi) is 6.10. The molecule has 2 rings (SSSR count). The van der Waals surface area contributed by atoms with Crippen molar-refractivity contribution >= 4 is 5.97 Å². The van der Waals surface area contributed by atoms with E-state index in [1.165, 1.54) is 44.9 Å². The van der Waals surface area contributed by atoms with Crippen molar-refractivity contribution in [3.8, 4) is 5.75 Å². The summed E-state index contributed by atoms with van der Waals surface area (Å²) in [6.07, 6.45) is 9.57. The third kappa shape index (κ3) is 4.99. The molecule has 0 saturated heterocycles. The lowest BCUT2D eigenvalue weighted by atomic mass is 9.78. The van der Waals surface area contributed by atoms with Crippen LogP contribution in [0.4, 0.5) is 0 Å². The molecule has 1 aromatic carbocycles. The van der Waals surface area contributed by atoms with E-state index in [0.717, 1.165) is 5.92 Å². The molecule has 1 aliphatic rings. The quantitative estimate of drug-likeness (QED) is 0.540. The Bertz CT molecular complexity index is 391. The van der Waals surface area contributed by atoms with E-state index in [0.29, 0.717) is 18.1 Å². The van der Waals surface area contributed by atoms with E-state index >= 15 is 0 Å². The summed E-state index contributed by atoms with van der Waals surface area (Å²) in [5, 5.41) is 0. The summed E-state index contributed by atoms with van der Waals surface area (Å²) < 4.78 is 5.37. The molecule has 0 radical (unpaired) electrons. The normalized spacial score (nSPS) is 22.4. The van der Waals surface area contributed by atoms with E-state index in [1.807, 2.05) is 30.3 Å². The Labute approximate surface area is 122 Å². The molecule has 0 amide bonds. The minimum absolute atomic E-state index is 0.0757. The Morgan fingerprint density at radius 1 is 1.10 bits per heavy atom. The van der Waals surface area contributed by atoms with Gasteiger partial charge in [0, 0.05) is 6.42 Å². The first-order valence-corrected chi connectivity index (χ1v) is 8.03. The number of para-hydroxylation sites is 1. The molecule has 0 N–H and O–H groups in total. The van der Waals surface area contributed by atoms with Crippen LogP contribution in [0.15, 0.2) is 30.3 Å². The van der Waals surface area contributed by atoms with Gasteiger partial charge in [-0.3, -0.25) is 4.79 Å². The number of rotatable bonds is 6. The number of benzene rings is 1. The molecule has 0 aliphatic heterocycles. The van der Waals surface area contributed by atoms with Crippen molar-refractivity contribution in [2.45, 2.75) is 58.3 Å². The summed E-state index contributed by atoms with van der Waals surface area (Å²) in [5.74, 6) is 2.02. The highest BCUT2D eigenvalue weighted by Crippen LogP contribution is 2.33. The summed E-state index contributed by atoms with van der Waals surface area (Å²) in [6, 6.07) is 9.37. The van der Waals surface area contributed by atoms with Crippen molar-refractivity contribution in [1.29, 1.82) is 0 Å². The second-order valence-corrected chi connectivity index (χ2v) is 6.02. The molecule has 2 nitrogen and oxygen atoms in total. The highest BCUT2D eigenvalue weighted by atomic mass is 16.5. The van der Waals surface area contributed by atoms with Crippen LogP contribution in [0, 0.1) is 11.8 Å². The maximum atomic E-state index is 11.9. The molecule has 1 aliphatic carbocycles. The molecule has 0 atom stereocenters. The summed E-state index contributed by atoms with van der Waals surface area (Å²) in [6.45, 7) is 2.26. The maximum absolute atomic E-state index is 11.9. The van der Waals surface area contributed by atoms with Gasteiger partial charge in [0.25, 0.3) is 0 Å². The highest BCUT2D eigenvalue weighted by Gasteiger charge is 2.23. The van der Waals surface area contributed by atoms with Crippen molar-refractivity contribution in [1.82, 2.24) is 0 Å². The van der Waals surface area contributed by atoms with Gasteiger partial charge >= 0.3 is 5.97 Å². The number of carbonyl (C=O) groups excluding carboxylic acids is 1. The molecule has 20 heavy (non-hydrogen) atoms. The van der Waals surface area contributed by atoms with Crippen LogP contribution >= 0.6 is 0 Å². The second kappa shape index (κ2) is 8.08. The maximum Gasteiger partial charge on any atom is 0.311 e. The third-order valence-electron chi connectivity index (χ3n) is 4.36. The van der Waals surface area contributed by atoms with E-state index in [9.17, 15) is 4.79 Å². The van der Waals surface area contributed by atoms with Gasteiger partial charge in [-0.1, -0.05) is 57.2 Å². The van der Waals surface area contributed by atoms with Gasteiger partial charge in [-0.15, -0.1) is 0 Å². The molecule has 110 valence electrons. The van der Waals surface area contributed by atoms with Gasteiger partial charge in [0.2, 0.25) is 0 Å². The summed E-state index contributed by atoms with van der Waals surface area (Å²) in [5.41, 5.74) is 0. The molecule has 0 bridgehead atoms. The summed E-state index contributed by atoms with van der Waals surface area (Å²) in [7, 11) is 0. The lowest BCUT2D eigenvalue weighted by Gasteiger charge is -2.27. The molecule has 1 fully saturated rings. The molecular weight excluding hydrogens is 248 g/mol. The molecule has 0 spiro atoms. The highest BCUT2D eigenvalue weighted by molar-refractivity contribution is 5.72. The monoisotopic (exact) mass is 274 g/mol. The van der Waals surface area contributed by atoms with Crippen LogP contribution < -0.4 is 4.74 Å². The van der Waals surface area contributed by atoms with E-state index in [2.05, 4.69) is 6.92 Å². The van der Waals surface area contributed by atoms with Crippen LogP contribution in [0.3, 0.4) is 0 Å². The smallest absolute Gasteiger partial charge is 0.311 e. The van der Waals surface area contributed by atoms with Crippen LogP contribution in [0.1, 0.15) is 58.3 Å². The Morgan fingerprint density at radius 2 is 1.75 bits per heavy atom. The van der Waals surface area contributed by atoms with Gasteiger partial charge in [0.1, 0.15) is 5.75 Å². The molecule has 0 aromatic heterocycles. The minimum atomic E-state index is -0.0757. The second-order valence-electron chi connectivity index (χ2n) is 6.02. The standard InChI is InChI=1S/C18H26O2/c1-2-3-7-15-10-12-16(13-11-15)14-18(19)20-17-8-5-4-6-9-17/h4-6,8-9,15-16H,2-3,7,10-14H2,1H3. The Morgan fingerprint density at radius 3 is 2.40 bits per heavy atom. The number of esters is 1. The zero-order valence-electron chi connectivity index (χ0n) is 12.5. The predicted octanol–water partition coefficient (Wildman–Crippen LogP) is 4.98. The fourth-order valence-electron chi connectivity index (χ4n) is 3.11. The zero-order valence-corrected chi connectivity index (χ0v) is 12.5. The van der Waals surface area contributed by atoms with Crippen molar-refractivity contribution in [3.05, 3.63) is 30.3 Å². The fourth-order valence-corrected chi connectivity index (χ4v) is 3.11. The molecular formula is C18H26O2. The lowest BCUT2D eigenvalue weighted by Crippen LogP contribution is -2.19. The van der Waals surface area contributed by atoms with Gasteiger partial charge in [-0.2, -0.15) is 0 Å². The number of unbranched alkanes of at least 4 members (excludes halogenated alkanes) is 1. The molecule has 1 aromatic rings. The Balaban J connectivity index is 1.68. The molecule has 1 saturated carbocycles. The average Bonchev–Trinajstić information content (AvgIpc) is 2.47. The van der Waals surface area contributed by atoms with E-state index in [-0.39, 0.29) is 5.97 Å². The van der Waals surface area contributed by atoms with Gasteiger partial charge in [-0.25, -0.2) is 0 Å². The van der Waals surface area contributed by atoms with Crippen LogP contribution in [0.5, 0.6) is 5.75 Å². The fraction of sp³-hybridized carbons (Fsp3) is 0.611. The molecule has 0 unspecified atom stereocenters. The average molecular weight is 274 g/mol. The van der Waals surface area contributed by atoms with E-state index in [4.69, 9.17) is 4.74 Å². The number of hydrogen-bond donors (Lipinski definition) is 0. The summed E-state index contributed by atoms with van der Waals surface area (Å²) >= 11 is 0. The van der Waals surface area contributed by atoms with Crippen molar-refractivity contribution in [3.63, 3.8) is 0 Å².